The molecule has 2 heterocycles. The third-order valence-electron chi connectivity index (χ3n) is 4.77. The lowest BCUT2D eigenvalue weighted by Gasteiger charge is -2.27. The lowest BCUT2D eigenvalue weighted by molar-refractivity contribution is -0.124. The minimum Gasteiger partial charge on any atom is -0.378 e. The molecular weight excluding hydrogens is 412 g/mol. The van der Waals surface area contributed by atoms with Gasteiger partial charge in [-0.1, -0.05) is 0 Å². The highest BCUT2D eigenvalue weighted by atomic mass is 19.2. The largest absolute Gasteiger partial charge is 0.378 e. The summed E-state index contributed by atoms with van der Waals surface area (Å²) in [6.07, 6.45) is 0.148. The number of hydrogen-bond donors (Lipinski definition) is 3. The van der Waals surface area contributed by atoms with E-state index in [1.165, 1.54) is 6.07 Å². The van der Waals surface area contributed by atoms with Crippen LogP contribution in [-0.2, 0) is 20.7 Å². The fourth-order valence-electron chi connectivity index (χ4n) is 3.10. The number of nitrogens with one attached hydrogen (secondary N) is 3. The van der Waals surface area contributed by atoms with Crippen molar-refractivity contribution in [3.05, 3.63) is 51.4 Å². The van der Waals surface area contributed by atoms with Crippen LogP contribution >= 0.6 is 0 Å². The molecule has 9 nitrogen and oxygen atoms in total. The summed E-state index contributed by atoms with van der Waals surface area (Å²) >= 11 is 0. The molecule has 31 heavy (non-hydrogen) atoms. The number of carbonyl (C=O) groups excluding carboxylic acids is 2. The van der Waals surface area contributed by atoms with Crippen molar-refractivity contribution in [1.82, 2.24) is 15.3 Å². The average molecular weight is 435 g/mol. The van der Waals surface area contributed by atoms with E-state index in [4.69, 9.17) is 4.74 Å². The molecule has 1 aliphatic heterocycles. The molecular formula is C20H23F2N5O4. The number of hydrogen-bond acceptors (Lipinski definition) is 6. The molecule has 0 atom stereocenters. The number of aromatic nitrogens is 2. The van der Waals surface area contributed by atoms with Gasteiger partial charge in [-0.2, -0.15) is 0 Å². The molecule has 1 aliphatic rings. The molecule has 11 heteroatoms. The predicted molar refractivity (Wildman–Crippen MR) is 109 cm³/mol. The SMILES string of the molecule is Cc1nc(N2CCOCC2)[nH]c(=O)c1CCC(=O)NCC(=O)Nc1ccc(F)c(F)c1. The molecule has 2 aromatic rings. The normalized spacial score (nSPS) is 13.7. The third-order valence-corrected chi connectivity index (χ3v) is 4.77. The second-order valence-electron chi connectivity index (χ2n) is 7.01. The molecule has 3 N–H and O–H groups in total. The Kier molecular flexibility index (Phi) is 7.29. The third kappa shape index (κ3) is 6.07. The topological polar surface area (TPSA) is 116 Å². The summed E-state index contributed by atoms with van der Waals surface area (Å²) in [6.45, 7) is 3.76. The van der Waals surface area contributed by atoms with Crippen LogP contribution in [0.15, 0.2) is 23.0 Å². The fourth-order valence-corrected chi connectivity index (χ4v) is 3.10. The molecule has 0 aliphatic carbocycles. The van der Waals surface area contributed by atoms with Crippen LogP contribution in [0.2, 0.25) is 0 Å². The van der Waals surface area contributed by atoms with Gasteiger partial charge in [0.05, 0.1) is 19.8 Å². The van der Waals surface area contributed by atoms with Crippen LogP contribution in [0.3, 0.4) is 0 Å². The molecule has 1 saturated heterocycles. The Labute approximate surface area is 176 Å². The Bertz CT molecular complexity index is 1020. The highest BCUT2D eigenvalue weighted by Crippen LogP contribution is 2.13. The Morgan fingerprint density at radius 2 is 1.94 bits per heavy atom. The molecule has 0 radical (unpaired) electrons. The number of ether oxygens (including phenoxy) is 1. The fraction of sp³-hybridized carbons (Fsp3) is 0.400. The van der Waals surface area contributed by atoms with Crippen LogP contribution in [0.25, 0.3) is 0 Å². The quantitative estimate of drug-likeness (QED) is 0.595. The van der Waals surface area contributed by atoms with Gasteiger partial charge in [-0.15, -0.1) is 0 Å². The Morgan fingerprint density at radius 3 is 2.61 bits per heavy atom. The smallest absolute Gasteiger partial charge is 0.255 e. The molecule has 1 aromatic heterocycles. The molecule has 166 valence electrons. The first-order valence-corrected chi connectivity index (χ1v) is 9.77. The molecule has 0 bridgehead atoms. The zero-order chi connectivity index (χ0) is 22.4. The summed E-state index contributed by atoms with van der Waals surface area (Å²) in [5.41, 5.74) is 0.706. The monoisotopic (exact) mass is 435 g/mol. The van der Waals surface area contributed by atoms with Crippen molar-refractivity contribution >= 4 is 23.5 Å². The lowest BCUT2D eigenvalue weighted by atomic mass is 10.1. The number of amides is 2. The molecule has 0 saturated carbocycles. The minimum atomic E-state index is -1.09. The van der Waals surface area contributed by atoms with Gasteiger partial charge in [0.2, 0.25) is 17.8 Å². The number of aromatic amines is 1. The van der Waals surface area contributed by atoms with Crippen LogP contribution < -0.4 is 21.1 Å². The van der Waals surface area contributed by atoms with E-state index >= 15 is 0 Å². The molecule has 3 rings (SSSR count). The van der Waals surface area contributed by atoms with Gasteiger partial charge in [0.25, 0.3) is 5.56 Å². The molecule has 0 spiro atoms. The Morgan fingerprint density at radius 1 is 1.19 bits per heavy atom. The average Bonchev–Trinajstić information content (AvgIpc) is 2.75. The number of carbonyl (C=O) groups is 2. The van der Waals surface area contributed by atoms with Crippen molar-refractivity contribution < 1.29 is 23.1 Å². The van der Waals surface area contributed by atoms with Gasteiger partial charge in [0, 0.05) is 42.5 Å². The van der Waals surface area contributed by atoms with Crippen LogP contribution in [0.5, 0.6) is 0 Å². The van der Waals surface area contributed by atoms with Gasteiger partial charge >= 0.3 is 0 Å². The second-order valence-corrected chi connectivity index (χ2v) is 7.01. The van der Waals surface area contributed by atoms with Crippen LogP contribution in [0.1, 0.15) is 17.7 Å². The van der Waals surface area contributed by atoms with Gasteiger partial charge in [-0.25, -0.2) is 13.8 Å². The number of anilines is 2. The van der Waals surface area contributed by atoms with E-state index in [2.05, 4.69) is 20.6 Å². The minimum absolute atomic E-state index is 0.0129. The van der Waals surface area contributed by atoms with E-state index in [-0.39, 0.29) is 30.6 Å². The van der Waals surface area contributed by atoms with Crippen molar-refractivity contribution in [2.24, 2.45) is 0 Å². The summed E-state index contributed by atoms with van der Waals surface area (Å²) in [5.74, 6) is -2.66. The maximum Gasteiger partial charge on any atom is 0.255 e. The summed E-state index contributed by atoms with van der Waals surface area (Å²) in [6, 6.07) is 2.94. The molecule has 1 aromatic carbocycles. The number of H-pyrrole nitrogens is 1. The number of morpholine rings is 1. The van der Waals surface area contributed by atoms with E-state index in [0.717, 1.165) is 12.1 Å². The Hall–Kier alpha value is -3.34. The van der Waals surface area contributed by atoms with Gasteiger partial charge in [-0.05, 0) is 25.5 Å². The van der Waals surface area contributed by atoms with Gasteiger partial charge in [-0.3, -0.25) is 19.4 Å². The number of benzene rings is 1. The Balaban J connectivity index is 1.49. The number of rotatable bonds is 7. The second kappa shape index (κ2) is 10.1. The highest BCUT2D eigenvalue weighted by Gasteiger charge is 2.17. The van der Waals surface area contributed by atoms with E-state index in [1.54, 1.807) is 6.92 Å². The molecule has 1 fully saturated rings. The maximum atomic E-state index is 13.2. The van der Waals surface area contributed by atoms with Crippen molar-refractivity contribution in [3.8, 4) is 0 Å². The van der Waals surface area contributed by atoms with Crippen molar-refractivity contribution in [1.29, 1.82) is 0 Å². The number of halogens is 2. The summed E-state index contributed by atoms with van der Waals surface area (Å²) in [4.78, 5) is 45.5. The van der Waals surface area contributed by atoms with Gasteiger partial charge in [0.1, 0.15) is 0 Å². The zero-order valence-electron chi connectivity index (χ0n) is 17.0. The van der Waals surface area contributed by atoms with Crippen LogP contribution in [0.4, 0.5) is 20.4 Å². The first kappa shape index (κ1) is 22.3. The lowest BCUT2D eigenvalue weighted by Crippen LogP contribution is -2.39. The molecule has 2 amide bonds. The highest BCUT2D eigenvalue weighted by molar-refractivity contribution is 5.94. The first-order valence-electron chi connectivity index (χ1n) is 9.77. The first-order chi connectivity index (χ1) is 14.8. The number of aryl methyl sites for hydroxylation is 1. The summed E-state index contributed by atoms with van der Waals surface area (Å²) in [5, 5.41) is 4.78. The van der Waals surface area contributed by atoms with Crippen LogP contribution in [0, 0.1) is 18.6 Å². The van der Waals surface area contributed by atoms with E-state index < -0.39 is 23.4 Å². The van der Waals surface area contributed by atoms with E-state index in [0.29, 0.717) is 43.5 Å². The summed E-state index contributed by atoms with van der Waals surface area (Å²) < 4.78 is 31.4. The van der Waals surface area contributed by atoms with Gasteiger partial charge < -0.3 is 20.3 Å². The van der Waals surface area contributed by atoms with E-state index in [1.807, 2.05) is 4.90 Å². The standard InChI is InChI=1S/C20H23F2N5O4/c1-12-14(19(30)26-20(24-12)27-6-8-31-9-7-27)3-5-17(28)23-11-18(29)25-13-2-4-15(21)16(22)10-13/h2,4,10H,3,5-9,11H2,1H3,(H,23,28)(H,25,29)(H,24,26,30). The number of nitrogens with zero attached hydrogens (tertiary/aromatic N) is 2. The summed E-state index contributed by atoms with van der Waals surface area (Å²) in [7, 11) is 0. The predicted octanol–water partition coefficient (Wildman–Crippen LogP) is 0.881. The van der Waals surface area contributed by atoms with Crippen molar-refractivity contribution in [2.75, 3.05) is 43.1 Å². The van der Waals surface area contributed by atoms with Gasteiger partial charge in [0.15, 0.2) is 11.6 Å². The van der Waals surface area contributed by atoms with E-state index in [9.17, 15) is 23.2 Å². The van der Waals surface area contributed by atoms with Crippen molar-refractivity contribution in [3.63, 3.8) is 0 Å². The van der Waals surface area contributed by atoms with Crippen molar-refractivity contribution in [2.45, 2.75) is 19.8 Å². The maximum absolute atomic E-state index is 13.2. The zero-order valence-corrected chi connectivity index (χ0v) is 17.0. The van der Waals surface area contributed by atoms with Crippen LogP contribution in [-0.4, -0.2) is 54.6 Å². The molecule has 0 unspecified atom stereocenters.